The van der Waals surface area contributed by atoms with Crippen LogP contribution in [0.5, 0.6) is 5.88 Å². The molecule has 134 valence electrons. The van der Waals surface area contributed by atoms with E-state index >= 15 is 0 Å². The topological polar surface area (TPSA) is 148 Å². The van der Waals surface area contributed by atoms with Gasteiger partial charge < -0.3 is 20.1 Å². The van der Waals surface area contributed by atoms with Crippen LogP contribution in [0.1, 0.15) is 20.1 Å². The monoisotopic (exact) mass is 414 g/mol. The number of halogens is 1. The van der Waals surface area contributed by atoms with Crippen LogP contribution in [0.25, 0.3) is 11.2 Å². The number of nitrogens with zero attached hydrogens (tertiary/aromatic N) is 4. The third kappa shape index (κ3) is 2.54. The fraction of sp³-hybridized carbons (Fsp3) is 0.500. The van der Waals surface area contributed by atoms with Crippen LogP contribution in [-0.4, -0.2) is 69.0 Å². The first-order chi connectivity index (χ1) is 11.7. The van der Waals surface area contributed by atoms with E-state index in [-0.39, 0.29) is 17.0 Å². The summed E-state index contributed by atoms with van der Waals surface area (Å²) >= 11 is 3.18. The van der Waals surface area contributed by atoms with Gasteiger partial charge in [-0.3, -0.25) is 14.2 Å². The number of ketones is 2. The maximum atomic E-state index is 12.2. The fourth-order valence-electron chi connectivity index (χ4n) is 2.83. The third-order valence-electron chi connectivity index (χ3n) is 4.26. The molecule has 0 bridgehead atoms. The number of aliphatic hydroxyl groups excluding tert-OH is 1. The van der Waals surface area contributed by atoms with E-state index in [0.29, 0.717) is 0 Å². The van der Waals surface area contributed by atoms with E-state index in [1.807, 2.05) is 0 Å². The molecule has 0 saturated carbocycles. The summed E-state index contributed by atoms with van der Waals surface area (Å²) in [5.74, 6) is -1.59. The molecule has 0 amide bonds. The SMILES string of the molecule is CC(=O)C(O)[C@H]1O[C@@H](n2cnc3c(O)ncnc32)[C@@](O)(C(C)=O)C1Br. The predicted molar refractivity (Wildman–Crippen MR) is 85.9 cm³/mol. The Hall–Kier alpha value is -1.95. The summed E-state index contributed by atoms with van der Waals surface area (Å²) in [5, 5.41) is 30.8. The first-order valence-corrected chi connectivity index (χ1v) is 8.19. The highest BCUT2D eigenvalue weighted by Crippen LogP contribution is 2.45. The summed E-state index contributed by atoms with van der Waals surface area (Å²) in [7, 11) is 0. The molecule has 0 aromatic carbocycles. The van der Waals surface area contributed by atoms with Gasteiger partial charge in [0.05, 0.1) is 11.2 Å². The number of hydrogen-bond acceptors (Lipinski definition) is 9. The van der Waals surface area contributed by atoms with Crippen molar-refractivity contribution in [1.82, 2.24) is 19.5 Å². The maximum Gasteiger partial charge on any atom is 0.242 e. The quantitative estimate of drug-likeness (QED) is 0.560. The van der Waals surface area contributed by atoms with Crippen LogP contribution in [0, 0.1) is 0 Å². The zero-order chi connectivity index (χ0) is 18.5. The molecule has 1 aliphatic rings. The lowest BCUT2D eigenvalue weighted by molar-refractivity contribution is -0.150. The normalized spacial score (nSPS) is 30.5. The zero-order valence-electron chi connectivity index (χ0n) is 13.2. The van der Waals surface area contributed by atoms with Gasteiger partial charge in [0, 0.05) is 0 Å². The van der Waals surface area contributed by atoms with Crippen molar-refractivity contribution in [2.75, 3.05) is 0 Å². The first kappa shape index (κ1) is 17.9. The molecule has 1 aliphatic heterocycles. The highest BCUT2D eigenvalue weighted by atomic mass is 79.9. The molecule has 2 unspecified atom stereocenters. The number of carbonyl (C=O) groups excluding carboxylic acids is 2. The molecule has 1 fully saturated rings. The Morgan fingerprint density at radius 3 is 2.64 bits per heavy atom. The van der Waals surface area contributed by atoms with Crippen LogP contribution in [0.3, 0.4) is 0 Å². The number of rotatable bonds is 4. The van der Waals surface area contributed by atoms with Crippen molar-refractivity contribution in [3.05, 3.63) is 12.7 Å². The van der Waals surface area contributed by atoms with E-state index in [1.54, 1.807) is 0 Å². The molecule has 1 saturated heterocycles. The number of alkyl halides is 1. The van der Waals surface area contributed by atoms with Crippen molar-refractivity contribution in [1.29, 1.82) is 0 Å². The van der Waals surface area contributed by atoms with Gasteiger partial charge in [0.25, 0.3) is 0 Å². The van der Waals surface area contributed by atoms with Crippen molar-refractivity contribution in [2.24, 2.45) is 0 Å². The van der Waals surface area contributed by atoms with Crippen LogP contribution < -0.4 is 0 Å². The lowest BCUT2D eigenvalue weighted by Crippen LogP contribution is -2.51. The Bertz CT molecular complexity index is 857. The molecule has 11 heteroatoms. The van der Waals surface area contributed by atoms with E-state index in [4.69, 9.17) is 4.74 Å². The van der Waals surface area contributed by atoms with Gasteiger partial charge in [0.1, 0.15) is 18.5 Å². The maximum absolute atomic E-state index is 12.2. The molecule has 0 spiro atoms. The minimum Gasteiger partial charge on any atom is -0.492 e. The van der Waals surface area contributed by atoms with Crippen molar-refractivity contribution >= 4 is 38.7 Å². The molecule has 0 aliphatic carbocycles. The van der Waals surface area contributed by atoms with E-state index < -0.39 is 40.4 Å². The van der Waals surface area contributed by atoms with E-state index in [9.17, 15) is 24.9 Å². The summed E-state index contributed by atoms with van der Waals surface area (Å²) in [4.78, 5) is 34.2. The number of aromatic nitrogens is 4. The lowest BCUT2D eigenvalue weighted by Gasteiger charge is -2.29. The van der Waals surface area contributed by atoms with Crippen LogP contribution >= 0.6 is 15.9 Å². The molecule has 5 atom stereocenters. The molecular formula is C14H15BrN4O6. The van der Waals surface area contributed by atoms with E-state index in [0.717, 1.165) is 6.33 Å². The Morgan fingerprint density at radius 1 is 1.36 bits per heavy atom. The second kappa shape index (κ2) is 6.09. The summed E-state index contributed by atoms with van der Waals surface area (Å²) in [6, 6.07) is 0. The van der Waals surface area contributed by atoms with E-state index in [1.165, 1.54) is 24.7 Å². The van der Waals surface area contributed by atoms with Crippen LogP contribution in [0.4, 0.5) is 0 Å². The largest absolute Gasteiger partial charge is 0.492 e. The molecule has 2 aromatic heterocycles. The van der Waals surface area contributed by atoms with Crippen LogP contribution in [0.2, 0.25) is 0 Å². The number of Topliss-reactive ketones (excluding diaryl/α,β-unsaturated/α-hetero) is 2. The smallest absolute Gasteiger partial charge is 0.242 e. The average Bonchev–Trinajstić information content (AvgIpc) is 3.09. The number of aromatic hydroxyl groups is 1. The van der Waals surface area contributed by atoms with Gasteiger partial charge in [-0.2, -0.15) is 4.98 Å². The standard InChI is InChI=1S/C14H15BrN4O6/c1-5(20)8(22)9-10(15)14(24,6(2)21)13(25-9)19-4-18-7-11(19)16-3-17-12(7)23/h3-4,8-10,13,22,24H,1-2H3,(H,16,17,23)/t8?,9-,10?,13-,14-/m1/s1. The summed E-state index contributed by atoms with van der Waals surface area (Å²) in [5.41, 5.74) is -1.93. The molecule has 3 N–H and O–H groups in total. The second-order valence-electron chi connectivity index (χ2n) is 5.81. The van der Waals surface area contributed by atoms with Gasteiger partial charge in [-0.1, -0.05) is 15.9 Å². The third-order valence-corrected chi connectivity index (χ3v) is 5.47. The molecule has 0 radical (unpaired) electrons. The summed E-state index contributed by atoms with van der Waals surface area (Å²) in [6.07, 6.45) is -1.74. The molecule has 10 nitrogen and oxygen atoms in total. The summed E-state index contributed by atoms with van der Waals surface area (Å²) in [6.45, 7) is 2.34. The van der Waals surface area contributed by atoms with Gasteiger partial charge in [0.2, 0.25) is 5.88 Å². The van der Waals surface area contributed by atoms with Gasteiger partial charge in [-0.15, -0.1) is 0 Å². The molecule has 2 aromatic rings. The Labute approximate surface area is 149 Å². The van der Waals surface area contributed by atoms with Crippen LogP contribution in [-0.2, 0) is 14.3 Å². The fourth-order valence-corrected chi connectivity index (χ4v) is 3.79. The van der Waals surface area contributed by atoms with Gasteiger partial charge in [-0.25, -0.2) is 9.97 Å². The number of ether oxygens (including phenoxy) is 1. The number of aliphatic hydroxyl groups is 2. The summed E-state index contributed by atoms with van der Waals surface area (Å²) < 4.78 is 6.91. The number of hydrogen-bond donors (Lipinski definition) is 3. The highest BCUT2D eigenvalue weighted by molar-refractivity contribution is 9.09. The van der Waals surface area contributed by atoms with Gasteiger partial charge >= 0.3 is 0 Å². The second-order valence-corrected chi connectivity index (χ2v) is 6.80. The molecule has 3 rings (SSSR count). The minimum atomic E-state index is -2.10. The van der Waals surface area contributed by atoms with Gasteiger partial charge in [0.15, 0.2) is 34.6 Å². The zero-order valence-corrected chi connectivity index (χ0v) is 14.8. The average molecular weight is 415 g/mol. The number of carbonyl (C=O) groups is 2. The lowest BCUT2D eigenvalue weighted by atomic mass is 9.91. The molecule has 3 heterocycles. The van der Waals surface area contributed by atoms with Crippen LogP contribution in [0.15, 0.2) is 12.7 Å². The van der Waals surface area contributed by atoms with Crippen molar-refractivity contribution in [2.45, 2.75) is 42.7 Å². The van der Waals surface area contributed by atoms with E-state index in [2.05, 4.69) is 30.9 Å². The van der Waals surface area contributed by atoms with Gasteiger partial charge in [-0.05, 0) is 13.8 Å². The van der Waals surface area contributed by atoms with Crippen molar-refractivity contribution in [3.8, 4) is 5.88 Å². The van der Waals surface area contributed by atoms with Crippen molar-refractivity contribution in [3.63, 3.8) is 0 Å². The van der Waals surface area contributed by atoms with Crippen molar-refractivity contribution < 1.29 is 29.6 Å². The predicted octanol–water partition coefficient (Wildman–Crippen LogP) is -0.537. The first-order valence-electron chi connectivity index (χ1n) is 7.27. The molecular weight excluding hydrogens is 400 g/mol. The number of fused-ring (bicyclic) bond motifs is 1. The highest BCUT2D eigenvalue weighted by Gasteiger charge is 2.61. The Balaban J connectivity index is 2.14. The molecule has 25 heavy (non-hydrogen) atoms. The Morgan fingerprint density at radius 2 is 2.04 bits per heavy atom. The number of imidazole rings is 1. The minimum absolute atomic E-state index is 0.0543. The Kier molecular flexibility index (Phi) is 4.35.